The van der Waals surface area contributed by atoms with Gasteiger partial charge in [0.15, 0.2) is 0 Å². The Morgan fingerprint density at radius 3 is 3.00 bits per heavy atom. The topological polar surface area (TPSA) is 44.6 Å². The van der Waals surface area contributed by atoms with Crippen LogP contribution >= 0.6 is 11.8 Å². The minimum atomic E-state index is -0.257. The molecule has 0 fully saturated rings. The molecule has 0 unspecified atom stereocenters. The second-order valence-corrected chi connectivity index (χ2v) is 4.51. The number of amidine groups is 1. The molecule has 2 N–H and O–H groups in total. The van der Waals surface area contributed by atoms with Crippen molar-refractivity contribution < 1.29 is 9.50 Å². The molecule has 0 aromatic heterocycles. The van der Waals surface area contributed by atoms with Gasteiger partial charge in [-0.25, -0.2) is 4.39 Å². The van der Waals surface area contributed by atoms with E-state index >= 15 is 0 Å². The summed E-state index contributed by atoms with van der Waals surface area (Å²) in [5, 5.41) is 11.8. The zero-order valence-electron chi connectivity index (χ0n) is 8.74. The van der Waals surface area contributed by atoms with E-state index in [0.717, 1.165) is 24.5 Å². The van der Waals surface area contributed by atoms with Crippen molar-refractivity contribution in [3.63, 3.8) is 0 Å². The summed E-state index contributed by atoms with van der Waals surface area (Å²) in [7, 11) is 0. The second-order valence-electron chi connectivity index (χ2n) is 3.37. The van der Waals surface area contributed by atoms with Gasteiger partial charge >= 0.3 is 0 Å². The van der Waals surface area contributed by atoms with Gasteiger partial charge < -0.3 is 10.4 Å². The summed E-state index contributed by atoms with van der Waals surface area (Å²) < 4.78 is 13.6. The average molecular weight is 240 g/mol. The fourth-order valence-corrected chi connectivity index (χ4v) is 2.18. The van der Waals surface area contributed by atoms with Gasteiger partial charge in [0.1, 0.15) is 11.7 Å². The summed E-state index contributed by atoms with van der Waals surface area (Å²) >= 11 is 1.31. The minimum absolute atomic E-state index is 0.0557. The lowest BCUT2D eigenvalue weighted by molar-refractivity contribution is 0.322. The molecule has 1 aromatic carbocycles. The van der Waals surface area contributed by atoms with Crippen LogP contribution in [0.5, 0.6) is 0 Å². The van der Waals surface area contributed by atoms with Gasteiger partial charge in [-0.2, -0.15) is 0 Å². The highest BCUT2D eigenvalue weighted by molar-refractivity contribution is 7.99. The number of aliphatic hydroxyl groups is 1. The van der Waals surface area contributed by atoms with Crippen LogP contribution in [-0.4, -0.2) is 36.4 Å². The van der Waals surface area contributed by atoms with E-state index in [0.29, 0.717) is 10.6 Å². The van der Waals surface area contributed by atoms with Gasteiger partial charge in [0.2, 0.25) is 0 Å². The van der Waals surface area contributed by atoms with Crippen LogP contribution in [0.4, 0.5) is 4.39 Å². The quantitative estimate of drug-likeness (QED) is 0.779. The summed E-state index contributed by atoms with van der Waals surface area (Å²) in [6.07, 6.45) is 0. The molecule has 0 atom stereocenters. The number of aliphatic imine (C=N–C) groups is 1. The molecule has 86 valence electrons. The van der Waals surface area contributed by atoms with E-state index in [4.69, 9.17) is 5.11 Å². The first-order chi connectivity index (χ1) is 7.81. The van der Waals surface area contributed by atoms with E-state index in [2.05, 4.69) is 10.3 Å². The first-order valence-corrected chi connectivity index (χ1v) is 6.12. The van der Waals surface area contributed by atoms with Crippen LogP contribution in [0.3, 0.4) is 0 Å². The van der Waals surface area contributed by atoms with Crippen LogP contribution in [-0.2, 0) is 0 Å². The molecule has 1 aliphatic heterocycles. The smallest absolute Gasteiger partial charge is 0.137 e. The normalized spacial score (nSPS) is 14.8. The fourth-order valence-electron chi connectivity index (χ4n) is 1.51. The van der Waals surface area contributed by atoms with Crippen LogP contribution in [0.1, 0.15) is 5.56 Å². The number of nitrogens with one attached hydrogen (secondary N) is 1. The van der Waals surface area contributed by atoms with Gasteiger partial charge in [0.05, 0.1) is 13.2 Å². The highest BCUT2D eigenvalue weighted by Gasteiger charge is 2.10. The Kier molecular flexibility index (Phi) is 3.79. The standard InChI is InChI=1S/C11H13FN2OS/c12-9-7-8(11-13-3-4-14-11)1-2-10(9)16-6-5-15/h1-2,7,15H,3-6H2,(H,13,14). The van der Waals surface area contributed by atoms with E-state index in [1.807, 2.05) is 6.07 Å². The van der Waals surface area contributed by atoms with Crippen LogP contribution in [0.25, 0.3) is 0 Å². The maximum Gasteiger partial charge on any atom is 0.137 e. The molecular formula is C11H13FN2OS. The van der Waals surface area contributed by atoms with Crippen LogP contribution in [0.15, 0.2) is 28.1 Å². The van der Waals surface area contributed by atoms with E-state index in [1.165, 1.54) is 17.8 Å². The fraction of sp³-hybridized carbons (Fsp3) is 0.364. The van der Waals surface area contributed by atoms with Crippen LogP contribution < -0.4 is 5.32 Å². The number of rotatable bonds is 4. The molecule has 0 bridgehead atoms. The molecule has 5 heteroatoms. The summed E-state index contributed by atoms with van der Waals surface area (Å²) in [5.74, 6) is 1.01. The zero-order valence-corrected chi connectivity index (χ0v) is 9.56. The van der Waals surface area contributed by atoms with Crippen molar-refractivity contribution in [3.05, 3.63) is 29.6 Å². The summed E-state index contributed by atoms with van der Waals surface area (Å²) in [6.45, 7) is 1.62. The molecule has 1 heterocycles. The highest BCUT2D eigenvalue weighted by Crippen LogP contribution is 2.22. The number of hydrogen-bond donors (Lipinski definition) is 2. The Morgan fingerprint density at radius 2 is 2.38 bits per heavy atom. The number of nitrogens with zero attached hydrogens (tertiary/aromatic N) is 1. The number of thioether (sulfide) groups is 1. The van der Waals surface area contributed by atoms with Gasteiger partial charge in [-0.05, 0) is 18.2 Å². The third-order valence-corrected chi connectivity index (χ3v) is 3.26. The molecular weight excluding hydrogens is 227 g/mol. The Bertz CT molecular complexity index is 409. The van der Waals surface area contributed by atoms with Crippen molar-refractivity contribution in [1.82, 2.24) is 5.32 Å². The average Bonchev–Trinajstić information content (AvgIpc) is 2.81. The van der Waals surface area contributed by atoms with Gasteiger partial charge in [-0.3, -0.25) is 4.99 Å². The molecule has 0 radical (unpaired) electrons. The Labute approximate surface area is 97.8 Å². The van der Waals surface area contributed by atoms with E-state index < -0.39 is 0 Å². The molecule has 3 nitrogen and oxygen atoms in total. The summed E-state index contributed by atoms with van der Waals surface area (Å²) in [6, 6.07) is 5.06. The van der Waals surface area contributed by atoms with Crippen molar-refractivity contribution in [1.29, 1.82) is 0 Å². The lowest BCUT2D eigenvalue weighted by atomic mass is 10.2. The largest absolute Gasteiger partial charge is 0.396 e. The van der Waals surface area contributed by atoms with Crippen LogP contribution in [0.2, 0.25) is 0 Å². The molecule has 0 spiro atoms. The Hall–Kier alpha value is -1.07. The Balaban J connectivity index is 2.15. The Morgan fingerprint density at radius 1 is 1.50 bits per heavy atom. The van der Waals surface area contributed by atoms with Crippen molar-refractivity contribution >= 4 is 17.6 Å². The molecule has 0 saturated heterocycles. The maximum atomic E-state index is 13.6. The second kappa shape index (κ2) is 5.32. The van der Waals surface area contributed by atoms with Gasteiger partial charge in [0.25, 0.3) is 0 Å². The molecule has 1 aliphatic rings. The first kappa shape index (κ1) is 11.4. The monoisotopic (exact) mass is 240 g/mol. The van der Waals surface area contributed by atoms with Crippen molar-refractivity contribution in [3.8, 4) is 0 Å². The molecule has 0 aliphatic carbocycles. The van der Waals surface area contributed by atoms with Crippen molar-refractivity contribution in [2.75, 3.05) is 25.4 Å². The van der Waals surface area contributed by atoms with Gasteiger partial charge in [-0.15, -0.1) is 11.8 Å². The van der Waals surface area contributed by atoms with Gasteiger partial charge in [0, 0.05) is 22.8 Å². The van der Waals surface area contributed by atoms with Crippen molar-refractivity contribution in [2.24, 2.45) is 4.99 Å². The third-order valence-electron chi connectivity index (χ3n) is 2.23. The minimum Gasteiger partial charge on any atom is -0.396 e. The SMILES string of the molecule is OCCSc1ccc(C2=NCCN2)cc1F. The summed E-state index contributed by atoms with van der Waals surface area (Å²) in [5.41, 5.74) is 0.781. The predicted molar refractivity (Wildman–Crippen MR) is 63.6 cm³/mol. The van der Waals surface area contributed by atoms with Crippen molar-refractivity contribution in [2.45, 2.75) is 4.90 Å². The zero-order chi connectivity index (χ0) is 11.4. The molecule has 0 saturated carbocycles. The van der Waals surface area contributed by atoms with E-state index in [9.17, 15) is 4.39 Å². The molecule has 1 aromatic rings. The van der Waals surface area contributed by atoms with Crippen LogP contribution in [0, 0.1) is 5.82 Å². The molecule has 16 heavy (non-hydrogen) atoms. The molecule has 0 amide bonds. The molecule has 2 rings (SSSR count). The number of hydrogen-bond acceptors (Lipinski definition) is 4. The highest BCUT2D eigenvalue weighted by atomic mass is 32.2. The summed E-state index contributed by atoms with van der Waals surface area (Å²) in [4.78, 5) is 4.80. The number of halogens is 1. The lowest BCUT2D eigenvalue weighted by Gasteiger charge is -2.05. The first-order valence-electron chi connectivity index (χ1n) is 5.13. The number of aliphatic hydroxyl groups excluding tert-OH is 1. The van der Waals surface area contributed by atoms with E-state index in [1.54, 1.807) is 6.07 Å². The lowest BCUT2D eigenvalue weighted by Crippen LogP contribution is -2.19. The predicted octanol–water partition coefficient (Wildman–Crippen LogP) is 1.26. The third kappa shape index (κ3) is 2.54. The van der Waals surface area contributed by atoms with E-state index in [-0.39, 0.29) is 12.4 Å². The number of benzene rings is 1. The maximum absolute atomic E-state index is 13.6. The van der Waals surface area contributed by atoms with Gasteiger partial charge in [-0.1, -0.05) is 0 Å².